The number of methoxy groups -OCH3 is 2. The van der Waals surface area contributed by atoms with Gasteiger partial charge in [0.1, 0.15) is 0 Å². The Morgan fingerprint density at radius 1 is 0.375 bits per heavy atom. The molecule has 0 aliphatic carbocycles. The van der Waals surface area contributed by atoms with Crippen LogP contribution >= 0.6 is 0 Å². The summed E-state index contributed by atoms with van der Waals surface area (Å²) in [5.74, 6) is -0.167. The summed E-state index contributed by atoms with van der Waals surface area (Å²) in [6, 6.07) is 0. The molecule has 40 heavy (non-hydrogen) atoms. The highest BCUT2D eigenvalue weighted by Crippen LogP contribution is 2.13. The van der Waals surface area contributed by atoms with Gasteiger partial charge in [-0.2, -0.15) is 0 Å². The van der Waals surface area contributed by atoms with Gasteiger partial charge >= 0.3 is 11.9 Å². The Hall–Kier alpha value is -2.36. The van der Waals surface area contributed by atoms with E-state index in [1.54, 1.807) is 0 Å². The molecule has 0 atom stereocenters. The van der Waals surface area contributed by atoms with Gasteiger partial charge in [0.2, 0.25) is 0 Å². The third-order valence-corrected chi connectivity index (χ3v) is 7.01. The number of esters is 2. The van der Waals surface area contributed by atoms with Crippen molar-refractivity contribution in [2.45, 2.75) is 141 Å². The molecule has 4 heteroatoms. The fraction of sp³-hybridized carbons (Fsp3) is 0.667. The largest absolute Gasteiger partial charge is 0.469 e. The van der Waals surface area contributed by atoms with Crippen molar-refractivity contribution >= 4 is 11.9 Å². The highest BCUT2D eigenvalue weighted by molar-refractivity contribution is 5.69. The van der Waals surface area contributed by atoms with Crippen molar-refractivity contribution in [3.05, 3.63) is 60.8 Å². The van der Waals surface area contributed by atoms with Gasteiger partial charge in [-0.15, -0.1) is 0 Å². The van der Waals surface area contributed by atoms with Gasteiger partial charge in [-0.1, -0.05) is 151 Å². The fourth-order valence-electron chi connectivity index (χ4n) is 4.48. The molecule has 0 N–H and O–H groups in total. The molecule has 0 rings (SSSR count). The molecule has 0 radical (unpaired) electrons. The molecule has 0 fully saturated rings. The SMILES string of the molecule is COC(=O)CCCCCCCCCCC/C=C/C=C/C=C/C=C/C=C/CCCCCCCCCCCC(=O)OC. The van der Waals surface area contributed by atoms with E-state index in [9.17, 15) is 9.59 Å². The number of allylic oxidation sites excluding steroid dienone is 10. The Balaban J connectivity index is 3.40. The van der Waals surface area contributed by atoms with E-state index in [0.717, 1.165) is 38.5 Å². The Morgan fingerprint density at radius 2 is 0.625 bits per heavy atom. The first-order valence-electron chi connectivity index (χ1n) is 16.2. The molecular formula is C36H60O4. The maximum Gasteiger partial charge on any atom is 0.305 e. The maximum atomic E-state index is 11.0. The molecule has 0 aromatic rings. The van der Waals surface area contributed by atoms with Crippen molar-refractivity contribution in [1.82, 2.24) is 0 Å². The minimum Gasteiger partial charge on any atom is -0.469 e. The summed E-state index contributed by atoms with van der Waals surface area (Å²) < 4.78 is 9.32. The van der Waals surface area contributed by atoms with Crippen molar-refractivity contribution in [1.29, 1.82) is 0 Å². The average molecular weight is 557 g/mol. The van der Waals surface area contributed by atoms with Gasteiger partial charge in [-0.05, 0) is 38.5 Å². The summed E-state index contributed by atoms with van der Waals surface area (Å²) in [5.41, 5.74) is 0. The Bertz CT molecular complexity index is 654. The zero-order chi connectivity index (χ0) is 29.2. The number of hydrogen-bond acceptors (Lipinski definition) is 4. The minimum atomic E-state index is -0.0834. The average Bonchev–Trinajstić information content (AvgIpc) is 2.97. The fourth-order valence-corrected chi connectivity index (χ4v) is 4.48. The van der Waals surface area contributed by atoms with E-state index in [2.05, 4.69) is 70.2 Å². The summed E-state index contributed by atoms with van der Waals surface area (Å²) in [4.78, 5) is 22.1. The van der Waals surface area contributed by atoms with Gasteiger partial charge in [0, 0.05) is 12.8 Å². The second kappa shape index (κ2) is 32.8. The lowest BCUT2D eigenvalue weighted by molar-refractivity contribution is -0.141. The van der Waals surface area contributed by atoms with Gasteiger partial charge in [-0.3, -0.25) is 9.59 Å². The summed E-state index contributed by atoms with van der Waals surface area (Å²) in [6.07, 6.45) is 47.2. The molecule has 0 bridgehead atoms. The number of unbranched alkanes of at least 4 members (excludes halogenated alkanes) is 18. The molecule has 0 saturated carbocycles. The molecular weight excluding hydrogens is 496 g/mol. The van der Waals surface area contributed by atoms with Crippen LogP contribution in [0.15, 0.2) is 60.8 Å². The first-order chi connectivity index (χ1) is 19.7. The van der Waals surface area contributed by atoms with Gasteiger partial charge < -0.3 is 9.47 Å². The molecule has 0 amide bonds. The quantitative estimate of drug-likeness (QED) is 0.0546. The second-order valence-corrected chi connectivity index (χ2v) is 10.6. The molecule has 0 aromatic heterocycles. The molecule has 0 aromatic carbocycles. The minimum absolute atomic E-state index is 0.0834. The Labute approximate surface area is 247 Å². The highest BCUT2D eigenvalue weighted by atomic mass is 16.5. The van der Waals surface area contributed by atoms with Crippen molar-refractivity contribution in [2.75, 3.05) is 14.2 Å². The van der Waals surface area contributed by atoms with Crippen LogP contribution < -0.4 is 0 Å². The Morgan fingerprint density at radius 3 is 0.925 bits per heavy atom. The van der Waals surface area contributed by atoms with E-state index in [4.69, 9.17) is 0 Å². The van der Waals surface area contributed by atoms with Gasteiger partial charge in [0.15, 0.2) is 0 Å². The number of rotatable bonds is 28. The highest BCUT2D eigenvalue weighted by Gasteiger charge is 2.00. The Kier molecular flexibility index (Phi) is 30.9. The van der Waals surface area contributed by atoms with Crippen LogP contribution in [-0.4, -0.2) is 26.2 Å². The van der Waals surface area contributed by atoms with Crippen LogP contribution in [0.4, 0.5) is 0 Å². The summed E-state index contributed by atoms with van der Waals surface area (Å²) in [6.45, 7) is 0. The predicted molar refractivity (Wildman–Crippen MR) is 171 cm³/mol. The first kappa shape index (κ1) is 37.6. The number of carbonyl (C=O) groups excluding carboxylic acids is 2. The normalized spacial score (nSPS) is 12.2. The molecule has 0 aliphatic heterocycles. The first-order valence-corrected chi connectivity index (χ1v) is 16.2. The number of carbonyl (C=O) groups is 2. The maximum absolute atomic E-state index is 11.0. The van der Waals surface area contributed by atoms with E-state index in [1.807, 2.05) is 0 Å². The van der Waals surface area contributed by atoms with Gasteiger partial charge in [0.25, 0.3) is 0 Å². The zero-order valence-corrected chi connectivity index (χ0v) is 26.0. The van der Waals surface area contributed by atoms with E-state index in [0.29, 0.717) is 12.8 Å². The zero-order valence-electron chi connectivity index (χ0n) is 26.0. The van der Waals surface area contributed by atoms with Crippen molar-refractivity contribution < 1.29 is 19.1 Å². The van der Waals surface area contributed by atoms with Crippen LogP contribution in [0.5, 0.6) is 0 Å². The van der Waals surface area contributed by atoms with Gasteiger partial charge in [-0.25, -0.2) is 0 Å². The lowest BCUT2D eigenvalue weighted by atomic mass is 10.1. The lowest BCUT2D eigenvalue weighted by Gasteiger charge is -2.02. The van der Waals surface area contributed by atoms with E-state index < -0.39 is 0 Å². The molecule has 0 spiro atoms. The van der Waals surface area contributed by atoms with Crippen LogP contribution in [-0.2, 0) is 19.1 Å². The number of ether oxygens (including phenoxy) is 2. The van der Waals surface area contributed by atoms with Crippen molar-refractivity contribution in [2.24, 2.45) is 0 Å². The van der Waals surface area contributed by atoms with E-state index in [-0.39, 0.29) is 11.9 Å². The van der Waals surface area contributed by atoms with Crippen LogP contribution in [0.2, 0.25) is 0 Å². The molecule has 0 heterocycles. The molecule has 0 aliphatic rings. The van der Waals surface area contributed by atoms with Crippen LogP contribution in [0.1, 0.15) is 141 Å². The third-order valence-electron chi connectivity index (χ3n) is 7.01. The number of hydrogen-bond donors (Lipinski definition) is 0. The lowest BCUT2D eigenvalue weighted by Crippen LogP contribution is -1.99. The van der Waals surface area contributed by atoms with Crippen molar-refractivity contribution in [3.63, 3.8) is 0 Å². The topological polar surface area (TPSA) is 52.6 Å². The summed E-state index contributed by atoms with van der Waals surface area (Å²) in [5, 5.41) is 0. The monoisotopic (exact) mass is 556 g/mol. The summed E-state index contributed by atoms with van der Waals surface area (Å²) >= 11 is 0. The van der Waals surface area contributed by atoms with Crippen molar-refractivity contribution in [3.8, 4) is 0 Å². The standard InChI is InChI=1S/C36H60O4/c1-39-35(37)33-31-29-27-25-23-21-19-17-15-13-11-9-7-5-3-4-6-8-10-12-14-16-18-20-22-24-26-28-30-32-34-36(38)40-2/h3-12H,13-34H2,1-2H3/b4-3+,7-5+,8-6+,11-9+,12-10+. The third kappa shape index (κ3) is 31.9. The molecule has 0 unspecified atom stereocenters. The van der Waals surface area contributed by atoms with E-state index >= 15 is 0 Å². The van der Waals surface area contributed by atoms with Crippen LogP contribution in [0.25, 0.3) is 0 Å². The molecule has 228 valence electrons. The van der Waals surface area contributed by atoms with Crippen LogP contribution in [0, 0.1) is 0 Å². The second-order valence-electron chi connectivity index (χ2n) is 10.6. The molecule has 0 saturated heterocycles. The predicted octanol–water partition coefficient (Wildman–Crippen LogP) is 10.7. The summed E-state index contributed by atoms with van der Waals surface area (Å²) in [7, 11) is 2.92. The smallest absolute Gasteiger partial charge is 0.305 e. The van der Waals surface area contributed by atoms with Crippen LogP contribution in [0.3, 0.4) is 0 Å². The van der Waals surface area contributed by atoms with Gasteiger partial charge in [0.05, 0.1) is 14.2 Å². The van der Waals surface area contributed by atoms with E-state index in [1.165, 1.54) is 104 Å². The molecule has 4 nitrogen and oxygen atoms in total.